The minimum atomic E-state index is -0.0769. The third kappa shape index (κ3) is 4.14. The third-order valence-electron chi connectivity index (χ3n) is 6.06. The summed E-state index contributed by atoms with van der Waals surface area (Å²) in [4.78, 5) is 14.4. The maximum Gasteiger partial charge on any atom is 0.322 e. The molecule has 0 bridgehead atoms. The highest BCUT2D eigenvalue weighted by molar-refractivity contribution is 5.91. The van der Waals surface area contributed by atoms with E-state index in [9.17, 15) is 4.79 Å². The van der Waals surface area contributed by atoms with Crippen LogP contribution in [0.2, 0.25) is 0 Å². The highest BCUT2D eigenvalue weighted by atomic mass is 16.5. The zero-order valence-corrected chi connectivity index (χ0v) is 17.6. The van der Waals surface area contributed by atoms with Crippen molar-refractivity contribution in [1.82, 2.24) is 10.2 Å². The fraction of sp³-hybridized carbons (Fsp3) is 0.435. The Morgan fingerprint density at radius 1 is 0.964 bits per heavy atom. The summed E-state index contributed by atoms with van der Waals surface area (Å²) in [5, 5.41) is 6.27. The molecule has 5 nitrogen and oxygen atoms in total. The number of hydrogen-bond acceptors (Lipinski definition) is 3. The molecular formula is C23H31N3O2. The predicted octanol–water partition coefficient (Wildman–Crippen LogP) is 4.24. The largest absolute Gasteiger partial charge is 0.487 e. The molecule has 2 aromatic rings. The summed E-state index contributed by atoms with van der Waals surface area (Å²) in [5.41, 5.74) is 8.49. The van der Waals surface area contributed by atoms with Gasteiger partial charge in [-0.05, 0) is 80.1 Å². The van der Waals surface area contributed by atoms with Crippen LogP contribution in [0.5, 0.6) is 5.75 Å². The van der Waals surface area contributed by atoms with E-state index in [1.54, 1.807) is 0 Å². The van der Waals surface area contributed by atoms with Crippen molar-refractivity contribution < 1.29 is 9.53 Å². The number of hydrogen-bond donors (Lipinski definition) is 2. The monoisotopic (exact) mass is 381 g/mol. The molecular weight excluding hydrogens is 350 g/mol. The Bertz CT molecular complexity index is 841. The second-order valence-electron chi connectivity index (χ2n) is 7.56. The molecule has 2 N–H and O–H groups in total. The van der Waals surface area contributed by atoms with Crippen molar-refractivity contribution in [2.75, 3.05) is 31.5 Å². The van der Waals surface area contributed by atoms with Crippen LogP contribution in [0.3, 0.4) is 0 Å². The summed E-state index contributed by atoms with van der Waals surface area (Å²) >= 11 is 0. The van der Waals surface area contributed by atoms with Gasteiger partial charge in [0, 0.05) is 26.2 Å². The molecule has 0 aliphatic carbocycles. The molecule has 1 aliphatic rings. The van der Waals surface area contributed by atoms with Crippen molar-refractivity contribution in [1.29, 1.82) is 0 Å². The fourth-order valence-electron chi connectivity index (χ4n) is 3.70. The standard InChI is InChI=1S/C23H31N3O2/c1-15-16(2)18(4)20(19(5)17(15)3)14-28-22-9-7-6-8-21(22)25-23(27)26-12-10-24-11-13-26/h6-9,24H,10-14H2,1-5H3,(H,25,27). The fourth-order valence-corrected chi connectivity index (χ4v) is 3.70. The van der Waals surface area contributed by atoms with Crippen molar-refractivity contribution >= 4 is 11.7 Å². The van der Waals surface area contributed by atoms with Crippen molar-refractivity contribution in [3.8, 4) is 5.75 Å². The number of nitrogens with zero attached hydrogens (tertiary/aromatic N) is 1. The van der Waals surface area contributed by atoms with E-state index < -0.39 is 0 Å². The number of urea groups is 1. The van der Waals surface area contributed by atoms with Crippen LogP contribution in [0, 0.1) is 34.6 Å². The van der Waals surface area contributed by atoms with Crippen LogP contribution in [-0.4, -0.2) is 37.1 Å². The zero-order chi connectivity index (χ0) is 20.3. The van der Waals surface area contributed by atoms with Crippen LogP contribution in [0.1, 0.15) is 33.4 Å². The third-order valence-corrected chi connectivity index (χ3v) is 6.06. The minimum Gasteiger partial charge on any atom is -0.487 e. The van der Waals surface area contributed by atoms with E-state index >= 15 is 0 Å². The van der Waals surface area contributed by atoms with Gasteiger partial charge in [-0.25, -0.2) is 4.79 Å². The van der Waals surface area contributed by atoms with Gasteiger partial charge in [-0.1, -0.05) is 12.1 Å². The first-order valence-corrected chi connectivity index (χ1v) is 9.94. The molecule has 3 rings (SSSR count). The van der Waals surface area contributed by atoms with Gasteiger partial charge in [0.25, 0.3) is 0 Å². The first-order valence-electron chi connectivity index (χ1n) is 9.94. The second-order valence-corrected chi connectivity index (χ2v) is 7.56. The number of anilines is 1. The first-order chi connectivity index (χ1) is 13.4. The van der Waals surface area contributed by atoms with Gasteiger partial charge in [0.15, 0.2) is 0 Å². The van der Waals surface area contributed by atoms with Crippen LogP contribution in [0.4, 0.5) is 10.5 Å². The molecule has 2 aromatic carbocycles. The number of ether oxygens (including phenoxy) is 1. The van der Waals surface area contributed by atoms with E-state index in [0.717, 1.165) is 26.2 Å². The van der Waals surface area contributed by atoms with Gasteiger partial charge in [0.2, 0.25) is 0 Å². The number of amides is 2. The quantitative estimate of drug-likeness (QED) is 0.833. The maximum atomic E-state index is 12.6. The molecule has 2 amide bonds. The highest BCUT2D eigenvalue weighted by Crippen LogP contribution is 2.29. The normalized spacial score (nSPS) is 14.1. The Balaban J connectivity index is 1.77. The smallest absolute Gasteiger partial charge is 0.322 e. The Kier molecular flexibility index (Phi) is 6.25. The lowest BCUT2D eigenvalue weighted by Crippen LogP contribution is -2.48. The minimum absolute atomic E-state index is 0.0769. The molecule has 1 fully saturated rings. The van der Waals surface area contributed by atoms with Crippen molar-refractivity contribution in [3.63, 3.8) is 0 Å². The molecule has 0 aromatic heterocycles. The first kappa shape index (κ1) is 20.2. The summed E-state index contributed by atoms with van der Waals surface area (Å²) in [6.45, 7) is 14.4. The van der Waals surface area contributed by atoms with E-state index in [1.165, 1.54) is 33.4 Å². The average Bonchev–Trinajstić information content (AvgIpc) is 2.72. The lowest BCUT2D eigenvalue weighted by molar-refractivity contribution is 0.203. The molecule has 0 saturated carbocycles. The molecule has 28 heavy (non-hydrogen) atoms. The van der Waals surface area contributed by atoms with Gasteiger partial charge in [-0.2, -0.15) is 0 Å². The van der Waals surface area contributed by atoms with Gasteiger partial charge in [-0.15, -0.1) is 0 Å². The van der Waals surface area contributed by atoms with E-state index in [4.69, 9.17) is 4.74 Å². The Morgan fingerprint density at radius 3 is 2.18 bits per heavy atom. The number of rotatable bonds is 4. The van der Waals surface area contributed by atoms with Gasteiger partial charge in [0.1, 0.15) is 12.4 Å². The SMILES string of the molecule is Cc1c(C)c(C)c(COc2ccccc2NC(=O)N2CCNCC2)c(C)c1C. The van der Waals surface area contributed by atoms with Crippen molar-refractivity contribution in [3.05, 3.63) is 57.6 Å². The summed E-state index contributed by atoms with van der Waals surface area (Å²) in [6.07, 6.45) is 0. The number of carbonyl (C=O) groups is 1. The van der Waals surface area contributed by atoms with Crippen LogP contribution in [0.25, 0.3) is 0 Å². The lowest BCUT2D eigenvalue weighted by Gasteiger charge is -2.28. The molecule has 1 aliphatic heterocycles. The number of nitrogens with one attached hydrogen (secondary N) is 2. The Labute approximate surface area is 168 Å². The lowest BCUT2D eigenvalue weighted by atomic mass is 9.90. The number of carbonyl (C=O) groups excluding carboxylic acids is 1. The zero-order valence-electron chi connectivity index (χ0n) is 17.6. The molecule has 0 radical (unpaired) electrons. The van der Waals surface area contributed by atoms with E-state index in [1.807, 2.05) is 29.2 Å². The summed E-state index contributed by atoms with van der Waals surface area (Å²) in [7, 11) is 0. The topological polar surface area (TPSA) is 53.6 Å². The molecule has 0 atom stereocenters. The van der Waals surface area contributed by atoms with Crippen LogP contribution in [-0.2, 0) is 6.61 Å². The molecule has 150 valence electrons. The summed E-state index contributed by atoms with van der Waals surface area (Å²) in [6, 6.07) is 7.57. The molecule has 5 heteroatoms. The van der Waals surface area contributed by atoms with Gasteiger partial charge in [0.05, 0.1) is 5.69 Å². The van der Waals surface area contributed by atoms with Crippen LogP contribution >= 0.6 is 0 Å². The molecule has 0 spiro atoms. The Morgan fingerprint density at radius 2 is 1.54 bits per heavy atom. The number of para-hydroxylation sites is 2. The van der Waals surface area contributed by atoms with E-state index in [0.29, 0.717) is 18.0 Å². The van der Waals surface area contributed by atoms with Crippen LogP contribution in [0.15, 0.2) is 24.3 Å². The van der Waals surface area contributed by atoms with Gasteiger partial charge >= 0.3 is 6.03 Å². The predicted molar refractivity (Wildman–Crippen MR) is 114 cm³/mol. The number of benzene rings is 2. The number of piperazine rings is 1. The second kappa shape index (κ2) is 8.65. The van der Waals surface area contributed by atoms with E-state index in [-0.39, 0.29) is 6.03 Å². The van der Waals surface area contributed by atoms with E-state index in [2.05, 4.69) is 45.3 Å². The molecule has 1 heterocycles. The summed E-state index contributed by atoms with van der Waals surface area (Å²) < 4.78 is 6.18. The van der Waals surface area contributed by atoms with Gasteiger partial charge < -0.3 is 20.3 Å². The summed E-state index contributed by atoms with van der Waals surface area (Å²) in [5.74, 6) is 0.695. The molecule has 0 unspecified atom stereocenters. The maximum absolute atomic E-state index is 12.6. The average molecular weight is 382 g/mol. The van der Waals surface area contributed by atoms with Crippen LogP contribution < -0.4 is 15.4 Å². The van der Waals surface area contributed by atoms with Crippen molar-refractivity contribution in [2.24, 2.45) is 0 Å². The van der Waals surface area contributed by atoms with Crippen molar-refractivity contribution in [2.45, 2.75) is 41.2 Å². The molecule has 1 saturated heterocycles. The highest BCUT2D eigenvalue weighted by Gasteiger charge is 2.18. The van der Waals surface area contributed by atoms with Gasteiger partial charge in [-0.3, -0.25) is 0 Å². The Hall–Kier alpha value is -2.53.